The fourth-order valence-corrected chi connectivity index (χ4v) is 5.56. The number of nitrogens with zero attached hydrogens (tertiary/aromatic N) is 3. The van der Waals surface area contributed by atoms with Crippen LogP contribution in [0.5, 0.6) is 0 Å². The van der Waals surface area contributed by atoms with Gasteiger partial charge in [-0.1, -0.05) is 54.3 Å². The Hall–Kier alpha value is -1.53. The molecule has 1 aliphatic rings. The lowest BCUT2D eigenvalue weighted by atomic mass is 9.95. The van der Waals surface area contributed by atoms with Crippen LogP contribution in [-0.2, 0) is 18.1 Å². The van der Waals surface area contributed by atoms with Gasteiger partial charge in [-0.15, -0.1) is 5.10 Å². The molecule has 1 atom stereocenters. The first kappa shape index (κ1) is 23.1. The molecule has 3 rings (SSSR count). The topological polar surface area (TPSA) is 75.5 Å². The third kappa shape index (κ3) is 6.01. The number of phosphoric ester groups is 1. The zero-order valence-corrected chi connectivity index (χ0v) is 19.5. The van der Waals surface area contributed by atoms with Crippen LogP contribution >= 0.6 is 7.82 Å². The van der Waals surface area contributed by atoms with E-state index in [1.165, 1.54) is 19.3 Å². The quantitative estimate of drug-likeness (QED) is 0.439. The lowest BCUT2D eigenvalue weighted by Crippen LogP contribution is -2.21. The SMILES string of the molecule is Cc1cccc(C(OP(=O)(OC(C)C)OC(C)C)c2cnnn2C2CCCCC2)c1. The Labute approximate surface area is 179 Å². The second-order valence-electron chi connectivity index (χ2n) is 8.55. The first-order valence-corrected chi connectivity index (χ1v) is 12.4. The molecule has 1 aliphatic carbocycles. The van der Waals surface area contributed by atoms with Gasteiger partial charge in [0.25, 0.3) is 0 Å². The molecule has 1 unspecified atom stereocenters. The highest BCUT2D eigenvalue weighted by atomic mass is 31.2. The molecule has 0 radical (unpaired) electrons. The van der Waals surface area contributed by atoms with Gasteiger partial charge in [-0.25, -0.2) is 9.25 Å². The summed E-state index contributed by atoms with van der Waals surface area (Å²) in [4.78, 5) is 0. The van der Waals surface area contributed by atoms with E-state index in [0.29, 0.717) is 0 Å². The molecule has 0 amide bonds. The van der Waals surface area contributed by atoms with Gasteiger partial charge >= 0.3 is 7.82 Å². The Morgan fingerprint density at radius 2 is 1.70 bits per heavy atom. The van der Waals surface area contributed by atoms with Crippen LogP contribution in [0, 0.1) is 6.92 Å². The Bertz CT molecular complexity index is 848. The lowest BCUT2D eigenvalue weighted by molar-refractivity contribution is 0.0534. The molecule has 8 heteroatoms. The smallest absolute Gasteiger partial charge is 0.284 e. The molecule has 30 heavy (non-hydrogen) atoms. The monoisotopic (exact) mass is 435 g/mol. The van der Waals surface area contributed by atoms with Crippen molar-refractivity contribution in [2.45, 2.75) is 91.1 Å². The molecule has 0 saturated heterocycles. The standard InChI is InChI=1S/C22H34N3O4P/c1-16(2)27-30(26,28-17(3)4)29-22(19-11-9-10-18(5)14-19)21-15-23-24-25(21)20-12-7-6-8-13-20/h9-11,14-17,20,22H,6-8,12-13H2,1-5H3. The number of rotatable bonds is 9. The van der Waals surface area contributed by atoms with E-state index in [2.05, 4.69) is 10.3 Å². The maximum atomic E-state index is 13.6. The summed E-state index contributed by atoms with van der Waals surface area (Å²) in [6.45, 7) is 9.28. The molecule has 2 aromatic rings. The predicted molar refractivity (Wildman–Crippen MR) is 116 cm³/mol. The predicted octanol–water partition coefficient (Wildman–Crippen LogP) is 6.16. The Morgan fingerprint density at radius 1 is 1.03 bits per heavy atom. The number of phosphoric acid groups is 1. The van der Waals surface area contributed by atoms with Crippen molar-refractivity contribution in [3.8, 4) is 0 Å². The molecule has 1 saturated carbocycles. The fraction of sp³-hybridized carbons (Fsp3) is 0.636. The van der Waals surface area contributed by atoms with Crippen molar-refractivity contribution >= 4 is 7.82 Å². The molecule has 1 aromatic carbocycles. The van der Waals surface area contributed by atoms with Gasteiger partial charge < -0.3 is 0 Å². The van der Waals surface area contributed by atoms with Crippen LogP contribution in [0.15, 0.2) is 30.5 Å². The summed E-state index contributed by atoms with van der Waals surface area (Å²) in [5.41, 5.74) is 2.73. The van der Waals surface area contributed by atoms with Crippen molar-refractivity contribution in [1.29, 1.82) is 0 Å². The van der Waals surface area contributed by atoms with E-state index in [4.69, 9.17) is 13.6 Å². The minimum Gasteiger partial charge on any atom is -0.284 e. The van der Waals surface area contributed by atoms with Crippen LogP contribution in [0.2, 0.25) is 0 Å². The summed E-state index contributed by atoms with van der Waals surface area (Å²) in [6.07, 6.45) is 6.12. The van der Waals surface area contributed by atoms with Crippen LogP contribution in [0.25, 0.3) is 0 Å². The summed E-state index contributed by atoms with van der Waals surface area (Å²) in [7, 11) is -3.84. The summed E-state index contributed by atoms with van der Waals surface area (Å²) in [6, 6.07) is 8.24. The molecule has 7 nitrogen and oxygen atoms in total. The molecule has 0 spiro atoms. The van der Waals surface area contributed by atoms with Crippen LogP contribution in [0.1, 0.15) is 88.8 Å². The first-order chi connectivity index (χ1) is 14.3. The van der Waals surface area contributed by atoms with Gasteiger partial charge in [0.2, 0.25) is 0 Å². The zero-order valence-electron chi connectivity index (χ0n) is 18.7. The van der Waals surface area contributed by atoms with E-state index in [-0.39, 0.29) is 18.2 Å². The number of benzene rings is 1. The third-order valence-corrected chi connectivity index (χ3v) is 6.88. The number of aromatic nitrogens is 3. The second-order valence-corrected chi connectivity index (χ2v) is 10.1. The van der Waals surface area contributed by atoms with E-state index >= 15 is 0 Å². The fourth-order valence-electron chi connectivity index (χ4n) is 3.89. The zero-order chi connectivity index (χ0) is 21.7. The van der Waals surface area contributed by atoms with Gasteiger partial charge in [0.1, 0.15) is 6.10 Å². The van der Waals surface area contributed by atoms with Crippen LogP contribution in [0.3, 0.4) is 0 Å². The van der Waals surface area contributed by atoms with Gasteiger partial charge in [-0.05, 0) is 53.0 Å². The number of aryl methyl sites for hydroxylation is 1. The maximum absolute atomic E-state index is 13.6. The van der Waals surface area contributed by atoms with E-state index in [1.54, 1.807) is 6.20 Å². The molecular weight excluding hydrogens is 401 g/mol. The highest BCUT2D eigenvalue weighted by molar-refractivity contribution is 7.48. The molecular formula is C22H34N3O4P. The van der Waals surface area contributed by atoms with Gasteiger partial charge in [-0.3, -0.25) is 13.6 Å². The normalized spacial score (nSPS) is 17.0. The summed E-state index contributed by atoms with van der Waals surface area (Å²) in [5, 5.41) is 8.56. The van der Waals surface area contributed by atoms with Crippen LogP contribution in [0.4, 0.5) is 0 Å². The van der Waals surface area contributed by atoms with E-state index < -0.39 is 13.9 Å². The van der Waals surface area contributed by atoms with E-state index in [9.17, 15) is 4.57 Å². The molecule has 1 fully saturated rings. The minimum absolute atomic E-state index is 0.267. The Morgan fingerprint density at radius 3 is 2.30 bits per heavy atom. The molecule has 0 N–H and O–H groups in total. The van der Waals surface area contributed by atoms with Crippen molar-refractivity contribution in [2.24, 2.45) is 0 Å². The van der Waals surface area contributed by atoms with Gasteiger partial charge in [-0.2, -0.15) is 0 Å². The van der Waals surface area contributed by atoms with E-state index in [1.807, 2.05) is 63.6 Å². The van der Waals surface area contributed by atoms with Crippen molar-refractivity contribution in [3.63, 3.8) is 0 Å². The average Bonchev–Trinajstić information content (AvgIpc) is 3.15. The highest BCUT2D eigenvalue weighted by Crippen LogP contribution is 2.56. The molecule has 0 aliphatic heterocycles. The third-order valence-electron chi connectivity index (χ3n) is 5.05. The van der Waals surface area contributed by atoms with Crippen molar-refractivity contribution in [2.75, 3.05) is 0 Å². The van der Waals surface area contributed by atoms with Crippen molar-refractivity contribution < 1.29 is 18.1 Å². The van der Waals surface area contributed by atoms with Crippen LogP contribution < -0.4 is 0 Å². The maximum Gasteiger partial charge on any atom is 0.476 e. The first-order valence-electron chi connectivity index (χ1n) is 10.9. The van der Waals surface area contributed by atoms with Crippen LogP contribution in [-0.4, -0.2) is 27.2 Å². The molecule has 1 heterocycles. The Balaban J connectivity index is 2.02. The van der Waals surface area contributed by atoms with Gasteiger partial charge in [0.15, 0.2) is 0 Å². The summed E-state index contributed by atoms with van der Waals surface area (Å²) in [5.74, 6) is 0. The molecule has 0 bridgehead atoms. The molecule has 1 aromatic heterocycles. The largest absolute Gasteiger partial charge is 0.476 e. The summed E-state index contributed by atoms with van der Waals surface area (Å²) < 4.78 is 33.1. The Kier molecular flexibility index (Phi) is 7.86. The second kappa shape index (κ2) is 10.2. The summed E-state index contributed by atoms with van der Waals surface area (Å²) >= 11 is 0. The van der Waals surface area contributed by atoms with E-state index in [0.717, 1.165) is 29.7 Å². The lowest BCUT2D eigenvalue weighted by Gasteiger charge is -2.29. The van der Waals surface area contributed by atoms with Gasteiger partial charge in [0, 0.05) is 0 Å². The highest BCUT2D eigenvalue weighted by Gasteiger charge is 2.37. The van der Waals surface area contributed by atoms with Crippen molar-refractivity contribution in [3.05, 3.63) is 47.3 Å². The minimum atomic E-state index is -3.84. The van der Waals surface area contributed by atoms with Crippen molar-refractivity contribution in [1.82, 2.24) is 15.0 Å². The number of hydrogen-bond donors (Lipinski definition) is 0. The average molecular weight is 436 g/mol. The molecule has 166 valence electrons. The number of hydrogen-bond acceptors (Lipinski definition) is 6. The van der Waals surface area contributed by atoms with Gasteiger partial charge in [0.05, 0.1) is 30.1 Å².